The lowest BCUT2D eigenvalue weighted by Crippen LogP contribution is -1.94. The summed E-state index contributed by atoms with van der Waals surface area (Å²) in [5.41, 5.74) is 39.7. The molecule has 18 nitrogen and oxygen atoms in total. The van der Waals surface area contributed by atoms with Crippen molar-refractivity contribution in [3.8, 4) is 213 Å². The molecule has 15 heterocycles. The van der Waals surface area contributed by atoms with Gasteiger partial charge >= 0.3 is 0 Å². The number of benzene rings is 10. The van der Waals surface area contributed by atoms with E-state index in [1.807, 2.05) is 208 Å². The SMILES string of the molecule is c1cncc(-c2cc(-c3cccnc3)cc(-c3cc(-c4cc(-c5cccnc5)cc(-c5cccnc5)c4)cc(-c4nc5ccccc5o4)c3)c2)c1.c1cncc(-c2cc(-c3cccnc3)cc(-c3cc(-c4cccnc4)cc(-c4nc5ccccc5o4)c3)c2)c1.c1cncc(-c2cc(-c3cccnc3)cc(-c3cc(-c4nc5ccccc5o4)cc(-c4cc(-c5cccnc5)cc(-c5cccnc5)c4)n3)c2)c1. The monoisotopic (exact) mass is 1810 g/mol. The molecule has 0 fully saturated rings. The van der Waals surface area contributed by atoms with Gasteiger partial charge < -0.3 is 13.3 Å². The standard InChI is InChI=1S/C45H29N5O.C44H28N6O.C34H22N4O/c1-2-12-44-43(11-1)50-45(51-44)42-24-40(38-19-34(30-7-3-13-46-26-30)17-35(20-38)31-8-4-14-47-27-31)23-41(25-42)39-21-36(32-9-5-15-48-28-32)18-37(22-39)33-10-6-16-49-29-33;1-2-12-43-40(11-1)50-44(51-43)39-23-41(37-19-33(29-7-3-13-45-25-29)17-34(20-37)30-8-4-14-46-26-30)49-42(24-39)38-21-35(31-9-5-15-47-27-31)18-36(22-38)32-10-6-16-48-28-32;1-2-10-33-32(9-1)38-34(39-33)31-18-28(25-8-5-13-37-22-25)17-30(19-31)29-15-26(23-6-3-11-35-20-23)14-27(16-29)24-7-4-12-36-21-24/h1-29H;1-28H;1-22H. The summed E-state index contributed by atoms with van der Waals surface area (Å²) in [5.74, 6) is 1.66. The maximum atomic E-state index is 6.36. The smallest absolute Gasteiger partial charge is 0.227 e. The molecule has 0 saturated heterocycles. The minimum atomic E-state index is 0.521. The van der Waals surface area contributed by atoms with Crippen LogP contribution in [0.5, 0.6) is 0 Å². The zero-order valence-electron chi connectivity index (χ0n) is 75.5. The molecule has 0 bridgehead atoms. The lowest BCUT2D eigenvalue weighted by atomic mass is 9.90. The first-order valence-corrected chi connectivity index (χ1v) is 45.9. The Labute approximate surface area is 810 Å². The van der Waals surface area contributed by atoms with Crippen LogP contribution < -0.4 is 0 Å². The van der Waals surface area contributed by atoms with Crippen LogP contribution in [0.25, 0.3) is 246 Å². The molecule has 0 unspecified atom stereocenters. The highest BCUT2D eigenvalue weighted by Crippen LogP contribution is 2.45. The lowest BCUT2D eigenvalue weighted by molar-refractivity contribution is 0.619. The Kier molecular flexibility index (Phi) is 23.8. The number of aromatic nitrogens is 15. The van der Waals surface area contributed by atoms with Gasteiger partial charge in [-0.25, -0.2) is 19.9 Å². The van der Waals surface area contributed by atoms with Crippen LogP contribution in [-0.2, 0) is 0 Å². The highest BCUT2D eigenvalue weighted by molar-refractivity contribution is 5.93. The molecule has 25 rings (SSSR count). The second-order valence-electron chi connectivity index (χ2n) is 33.8. The highest BCUT2D eigenvalue weighted by Gasteiger charge is 2.23. The predicted molar refractivity (Wildman–Crippen MR) is 559 cm³/mol. The molecule has 0 amide bonds. The fourth-order valence-electron chi connectivity index (χ4n) is 17.6. The van der Waals surface area contributed by atoms with Gasteiger partial charge in [-0.05, 0) is 337 Å². The number of hydrogen-bond donors (Lipinski definition) is 0. The summed E-state index contributed by atoms with van der Waals surface area (Å²) in [7, 11) is 0. The minimum Gasteiger partial charge on any atom is -0.436 e. The fraction of sp³-hybridized carbons (Fsp3) is 0. The first-order chi connectivity index (χ1) is 69.8. The summed E-state index contributed by atoms with van der Waals surface area (Å²) in [4.78, 5) is 68.3. The second kappa shape index (κ2) is 39.2. The van der Waals surface area contributed by atoms with Crippen LogP contribution >= 0.6 is 0 Å². The van der Waals surface area contributed by atoms with Crippen molar-refractivity contribution in [2.45, 2.75) is 0 Å². The molecule has 0 spiro atoms. The topological polar surface area (TPSA) is 233 Å². The second-order valence-corrected chi connectivity index (χ2v) is 33.8. The third-order valence-electron chi connectivity index (χ3n) is 24.5. The summed E-state index contributed by atoms with van der Waals surface area (Å²) in [5, 5.41) is 0. The van der Waals surface area contributed by atoms with Gasteiger partial charge in [0.15, 0.2) is 16.7 Å². The number of fused-ring (bicyclic) bond motifs is 3. The van der Waals surface area contributed by atoms with Gasteiger partial charge in [0.1, 0.15) is 16.6 Å². The molecule has 0 aliphatic heterocycles. The summed E-state index contributed by atoms with van der Waals surface area (Å²) in [6.45, 7) is 0. The van der Waals surface area contributed by atoms with E-state index in [2.05, 4.69) is 261 Å². The number of pyridine rings is 12. The van der Waals surface area contributed by atoms with Crippen molar-refractivity contribution >= 4 is 33.3 Å². The summed E-state index contributed by atoms with van der Waals surface area (Å²) >= 11 is 0. The maximum Gasteiger partial charge on any atom is 0.227 e. The van der Waals surface area contributed by atoms with Gasteiger partial charge in [0.2, 0.25) is 17.7 Å². The molecule has 0 aliphatic rings. The van der Waals surface area contributed by atoms with Crippen LogP contribution in [0.2, 0.25) is 0 Å². The van der Waals surface area contributed by atoms with Crippen molar-refractivity contribution < 1.29 is 13.3 Å². The molecule has 25 aromatic rings. The number of nitrogens with zero attached hydrogens (tertiary/aromatic N) is 15. The Bertz CT molecular complexity index is 7710. The summed E-state index contributed by atoms with van der Waals surface area (Å²) < 4.78 is 18.9. The van der Waals surface area contributed by atoms with Crippen LogP contribution in [0.4, 0.5) is 0 Å². The van der Waals surface area contributed by atoms with Gasteiger partial charge in [0.25, 0.3) is 0 Å². The van der Waals surface area contributed by atoms with E-state index in [0.29, 0.717) is 17.7 Å². The average Bonchev–Trinajstić information content (AvgIpc) is 1.77. The van der Waals surface area contributed by atoms with E-state index in [1.54, 1.807) is 68.2 Å². The van der Waals surface area contributed by atoms with Crippen molar-refractivity contribution in [1.29, 1.82) is 0 Å². The molecule has 10 aromatic carbocycles. The molecule has 0 radical (unpaired) electrons. The first kappa shape index (κ1) is 85.6. The summed E-state index contributed by atoms with van der Waals surface area (Å²) in [6.07, 6.45) is 40.5. The van der Waals surface area contributed by atoms with Crippen LogP contribution in [-0.4, -0.2) is 74.8 Å². The lowest BCUT2D eigenvalue weighted by Gasteiger charge is -2.15. The third-order valence-corrected chi connectivity index (χ3v) is 24.5. The molecule has 0 aliphatic carbocycles. The normalized spacial score (nSPS) is 11.1. The van der Waals surface area contributed by atoms with Crippen molar-refractivity contribution in [2.24, 2.45) is 0 Å². The number of oxazole rings is 3. The molecule has 0 saturated carbocycles. The van der Waals surface area contributed by atoms with E-state index < -0.39 is 0 Å². The summed E-state index contributed by atoms with van der Waals surface area (Å²) in [6, 6.07) is 118. The van der Waals surface area contributed by atoms with Crippen molar-refractivity contribution in [2.75, 3.05) is 0 Å². The van der Waals surface area contributed by atoms with Crippen LogP contribution in [0.1, 0.15) is 0 Å². The van der Waals surface area contributed by atoms with E-state index in [0.717, 1.165) is 228 Å². The van der Waals surface area contributed by atoms with E-state index in [4.69, 9.17) is 33.2 Å². The zero-order valence-corrected chi connectivity index (χ0v) is 75.5. The molecule has 0 N–H and O–H groups in total. The zero-order chi connectivity index (χ0) is 94.0. The van der Waals surface area contributed by atoms with Crippen molar-refractivity contribution in [3.63, 3.8) is 0 Å². The van der Waals surface area contributed by atoms with E-state index in [9.17, 15) is 0 Å². The van der Waals surface area contributed by atoms with Gasteiger partial charge in [-0.2, -0.15) is 0 Å². The Hall–Kier alpha value is -19.6. The number of rotatable bonds is 19. The van der Waals surface area contributed by atoms with Gasteiger partial charge in [0, 0.05) is 225 Å². The maximum absolute atomic E-state index is 6.36. The van der Waals surface area contributed by atoms with Crippen molar-refractivity contribution in [1.82, 2.24) is 74.8 Å². The van der Waals surface area contributed by atoms with Crippen molar-refractivity contribution in [3.05, 3.63) is 482 Å². The third kappa shape index (κ3) is 19.1. The Balaban J connectivity index is 0.000000119. The molecule has 141 heavy (non-hydrogen) atoms. The molecule has 18 heteroatoms. The predicted octanol–water partition coefficient (Wildman–Crippen LogP) is 29.9. The number of hydrogen-bond acceptors (Lipinski definition) is 18. The quantitative estimate of drug-likeness (QED) is 0.0732. The van der Waals surface area contributed by atoms with Gasteiger partial charge in [0.05, 0.1) is 11.4 Å². The van der Waals surface area contributed by atoms with Crippen LogP contribution in [0.3, 0.4) is 0 Å². The molecule has 664 valence electrons. The van der Waals surface area contributed by atoms with Crippen LogP contribution in [0.15, 0.2) is 495 Å². The largest absolute Gasteiger partial charge is 0.436 e. The van der Waals surface area contributed by atoms with Crippen LogP contribution in [0, 0.1) is 0 Å². The van der Waals surface area contributed by atoms with Gasteiger partial charge in [-0.1, -0.05) is 103 Å². The fourth-order valence-corrected chi connectivity index (χ4v) is 17.6. The van der Waals surface area contributed by atoms with Gasteiger partial charge in [-0.3, -0.25) is 54.8 Å². The van der Waals surface area contributed by atoms with E-state index >= 15 is 0 Å². The first-order valence-electron chi connectivity index (χ1n) is 45.9. The molecular weight excluding hydrogens is 1740 g/mol. The molecule has 15 aromatic heterocycles. The minimum absolute atomic E-state index is 0.521. The van der Waals surface area contributed by atoms with E-state index in [-0.39, 0.29) is 0 Å². The van der Waals surface area contributed by atoms with Gasteiger partial charge in [-0.15, -0.1) is 0 Å². The average molecular weight is 1820 g/mol. The Morgan fingerprint density at radius 1 is 0.121 bits per heavy atom. The highest BCUT2D eigenvalue weighted by atomic mass is 16.4. The molecular formula is C123H79N15O3. The molecule has 0 atom stereocenters. The van der Waals surface area contributed by atoms with E-state index in [1.165, 1.54) is 0 Å². The number of para-hydroxylation sites is 6. The Morgan fingerprint density at radius 2 is 0.270 bits per heavy atom. The Morgan fingerprint density at radius 3 is 0.433 bits per heavy atom.